The third-order valence-corrected chi connectivity index (χ3v) is 5.78. The van der Waals surface area contributed by atoms with Crippen molar-refractivity contribution in [3.05, 3.63) is 12.7 Å². The van der Waals surface area contributed by atoms with Gasteiger partial charge in [0.25, 0.3) is 0 Å². The van der Waals surface area contributed by atoms with E-state index in [4.69, 9.17) is 9.47 Å². The summed E-state index contributed by atoms with van der Waals surface area (Å²) in [5.74, 6) is 3.59. The Kier molecular flexibility index (Phi) is 4.69. The van der Waals surface area contributed by atoms with E-state index in [0.29, 0.717) is 12.5 Å². The molecule has 3 aliphatic carbocycles. The Hall–Kier alpha value is -1.52. The lowest BCUT2D eigenvalue weighted by Gasteiger charge is -2.31. The molecule has 0 radical (unpaired) electrons. The van der Waals surface area contributed by atoms with Gasteiger partial charge in [-0.15, -0.1) is 0 Å². The van der Waals surface area contributed by atoms with Crippen molar-refractivity contribution >= 4 is 12.1 Å². The summed E-state index contributed by atoms with van der Waals surface area (Å²) >= 11 is 0. The highest BCUT2D eigenvalue weighted by molar-refractivity contribution is 5.81. The highest BCUT2D eigenvalue weighted by Gasteiger charge is 2.53. The molecule has 0 spiro atoms. The standard InChI is InChI=1S/C17H25NO4/c1-2-16(19)21-7-6-18-17(20)22-10-12-8-11-9-15(12)14-5-3-4-13(11)14/h2,11-15H,1,3-10H2,(H,18,20). The first-order chi connectivity index (χ1) is 10.7. The maximum atomic E-state index is 11.7. The van der Waals surface area contributed by atoms with Gasteiger partial charge in [0.1, 0.15) is 6.61 Å². The van der Waals surface area contributed by atoms with E-state index in [1.165, 1.54) is 32.1 Å². The van der Waals surface area contributed by atoms with Gasteiger partial charge in [0, 0.05) is 6.08 Å². The van der Waals surface area contributed by atoms with Crippen LogP contribution in [-0.4, -0.2) is 31.8 Å². The number of ether oxygens (including phenoxy) is 2. The normalized spacial score (nSPS) is 35.0. The predicted molar refractivity (Wildman–Crippen MR) is 81.0 cm³/mol. The molecule has 0 aliphatic heterocycles. The van der Waals surface area contributed by atoms with Gasteiger partial charge in [0.05, 0.1) is 13.2 Å². The molecule has 1 N–H and O–H groups in total. The van der Waals surface area contributed by atoms with E-state index in [2.05, 4.69) is 11.9 Å². The predicted octanol–water partition coefficient (Wildman–Crippen LogP) is 2.51. The first-order valence-electron chi connectivity index (χ1n) is 8.39. The third kappa shape index (κ3) is 3.13. The SMILES string of the molecule is C=CC(=O)OCCNC(=O)OCC1CC2CC1C1CCCC21. The fourth-order valence-electron chi connectivity index (χ4n) is 5.00. The van der Waals surface area contributed by atoms with Crippen molar-refractivity contribution in [3.8, 4) is 0 Å². The van der Waals surface area contributed by atoms with Gasteiger partial charge in [-0.2, -0.15) is 0 Å². The van der Waals surface area contributed by atoms with Crippen molar-refractivity contribution in [2.24, 2.45) is 29.6 Å². The Labute approximate surface area is 131 Å². The van der Waals surface area contributed by atoms with Crippen LogP contribution < -0.4 is 5.32 Å². The number of alkyl carbamates (subject to hydrolysis) is 1. The van der Waals surface area contributed by atoms with Gasteiger partial charge < -0.3 is 14.8 Å². The summed E-state index contributed by atoms with van der Waals surface area (Å²) in [6.45, 7) is 4.23. The summed E-state index contributed by atoms with van der Waals surface area (Å²) in [4.78, 5) is 22.5. The number of hydrogen-bond acceptors (Lipinski definition) is 4. The quantitative estimate of drug-likeness (QED) is 0.465. The van der Waals surface area contributed by atoms with Crippen LogP contribution in [0.3, 0.4) is 0 Å². The van der Waals surface area contributed by atoms with E-state index in [-0.39, 0.29) is 13.2 Å². The van der Waals surface area contributed by atoms with E-state index < -0.39 is 12.1 Å². The molecule has 122 valence electrons. The topological polar surface area (TPSA) is 64.6 Å². The molecule has 0 aromatic rings. The third-order valence-electron chi connectivity index (χ3n) is 5.78. The summed E-state index contributed by atoms with van der Waals surface area (Å²) < 4.78 is 10.1. The number of hydrogen-bond donors (Lipinski definition) is 1. The first-order valence-corrected chi connectivity index (χ1v) is 8.39. The van der Waals surface area contributed by atoms with Crippen molar-refractivity contribution in [2.45, 2.75) is 32.1 Å². The lowest BCUT2D eigenvalue weighted by atomic mass is 9.76. The fraction of sp³-hybridized carbons (Fsp3) is 0.765. The van der Waals surface area contributed by atoms with Crippen molar-refractivity contribution in [3.63, 3.8) is 0 Å². The van der Waals surface area contributed by atoms with Gasteiger partial charge >= 0.3 is 12.1 Å². The zero-order chi connectivity index (χ0) is 15.5. The lowest BCUT2D eigenvalue weighted by Crippen LogP contribution is -2.32. The van der Waals surface area contributed by atoms with Gasteiger partial charge in [-0.05, 0) is 55.3 Å². The number of fused-ring (bicyclic) bond motifs is 5. The van der Waals surface area contributed by atoms with Gasteiger partial charge in [0.2, 0.25) is 0 Å². The second-order valence-corrected chi connectivity index (χ2v) is 6.81. The van der Waals surface area contributed by atoms with Crippen molar-refractivity contribution in [1.29, 1.82) is 0 Å². The van der Waals surface area contributed by atoms with Crippen LogP contribution in [0.2, 0.25) is 0 Å². The fourth-order valence-corrected chi connectivity index (χ4v) is 5.00. The molecule has 0 heterocycles. The summed E-state index contributed by atoms with van der Waals surface area (Å²) in [7, 11) is 0. The number of nitrogens with one attached hydrogen (secondary N) is 1. The Balaban J connectivity index is 1.32. The minimum absolute atomic E-state index is 0.137. The second-order valence-electron chi connectivity index (χ2n) is 6.81. The van der Waals surface area contributed by atoms with Crippen LogP contribution >= 0.6 is 0 Å². The van der Waals surface area contributed by atoms with E-state index in [0.717, 1.165) is 29.7 Å². The zero-order valence-electron chi connectivity index (χ0n) is 13.0. The minimum atomic E-state index is -0.483. The number of carbonyl (C=O) groups excluding carboxylic acids is 2. The number of amides is 1. The average Bonchev–Trinajstić information content (AvgIpc) is 3.21. The molecule has 1 amide bonds. The molecule has 0 saturated heterocycles. The molecule has 3 aliphatic rings. The van der Waals surface area contributed by atoms with Gasteiger partial charge in [-0.3, -0.25) is 0 Å². The van der Waals surface area contributed by atoms with Crippen LogP contribution in [0, 0.1) is 29.6 Å². The number of esters is 1. The molecule has 2 bridgehead atoms. The smallest absolute Gasteiger partial charge is 0.407 e. The van der Waals surface area contributed by atoms with E-state index in [9.17, 15) is 9.59 Å². The Morgan fingerprint density at radius 1 is 1.14 bits per heavy atom. The van der Waals surface area contributed by atoms with Gasteiger partial charge in [-0.25, -0.2) is 9.59 Å². The van der Waals surface area contributed by atoms with Crippen LogP contribution in [0.4, 0.5) is 4.79 Å². The second kappa shape index (κ2) is 6.71. The van der Waals surface area contributed by atoms with E-state index in [1.54, 1.807) is 0 Å². The highest BCUT2D eigenvalue weighted by atomic mass is 16.6. The summed E-state index contributed by atoms with van der Waals surface area (Å²) in [6, 6.07) is 0. The molecule has 5 nitrogen and oxygen atoms in total. The van der Waals surface area contributed by atoms with Crippen LogP contribution in [-0.2, 0) is 14.3 Å². The van der Waals surface area contributed by atoms with Crippen LogP contribution in [0.15, 0.2) is 12.7 Å². The molecule has 22 heavy (non-hydrogen) atoms. The van der Waals surface area contributed by atoms with Gasteiger partial charge in [-0.1, -0.05) is 13.0 Å². The summed E-state index contributed by atoms with van der Waals surface area (Å²) in [6.07, 6.45) is 7.45. The molecule has 0 aromatic carbocycles. The summed E-state index contributed by atoms with van der Waals surface area (Å²) in [5.41, 5.74) is 0. The molecule has 3 rings (SSSR count). The lowest BCUT2D eigenvalue weighted by molar-refractivity contribution is -0.137. The first kappa shape index (κ1) is 15.4. The average molecular weight is 307 g/mol. The van der Waals surface area contributed by atoms with Crippen LogP contribution in [0.25, 0.3) is 0 Å². The maximum absolute atomic E-state index is 11.7. The molecule has 0 aromatic heterocycles. The van der Waals surface area contributed by atoms with Crippen molar-refractivity contribution in [2.75, 3.05) is 19.8 Å². The zero-order valence-corrected chi connectivity index (χ0v) is 13.0. The molecular formula is C17H25NO4. The monoisotopic (exact) mass is 307 g/mol. The van der Waals surface area contributed by atoms with Crippen LogP contribution in [0.5, 0.6) is 0 Å². The number of carbonyl (C=O) groups is 2. The van der Waals surface area contributed by atoms with Crippen molar-refractivity contribution in [1.82, 2.24) is 5.32 Å². The van der Waals surface area contributed by atoms with Crippen LogP contribution in [0.1, 0.15) is 32.1 Å². The molecule has 5 heteroatoms. The molecular weight excluding hydrogens is 282 g/mol. The van der Waals surface area contributed by atoms with E-state index in [1.807, 2.05) is 0 Å². The van der Waals surface area contributed by atoms with Gasteiger partial charge in [0.15, 0.2) is 0 Å². The largest absolute Gasteiger partial charge is 0.461 e. The molecule has 3 saturated carbocycles. The summed E-state index contributed by atoms with van der Waals surface area (Å²) in [5, 5.41) is 2.60. The molecule has 3 fully saturated rings. The van der Waals surface area contributed by atoms with Crippen molar-refractivity contribution < 1.29 is 19.1 Å². The molecule has 5 atom stereocenters. The minimum Gasteiger partial charge on any atom is -0.461 e. The highest BCUT2D eigenvalue weighted by Crippen LogP contribution is 2.60. The Bertz CT molecular complexity index is 450. The maximum Gasteiger partial charge on any atom is 0.407 e. The Morgan fingerprint density at radius 3 is 2.77 bits per heavy atom. The van der Waals surface area contributed by atoms with E-state index >= 15 is 0 Å². The Morgan fingerprint density at radius 2 is 1.95 bits per heavy atom. The molecule has 5 unspecified atom stereocenters. The number of rotatable bonds is 6.